The van der Waals surface area contributed by atoms with E-state index < -0.39 is 27.4 Å². The first-order chi connectivity index (χ1) is 12.9. The Morgan fingerprint density at radius 1 is 1.11 bits per heavy atom. The predicted molar refractivity (Wildman–Crippen MR) is 103 cm³/mol. The Morgan fingerprint density at radius 2 is 1.78 bits per heavy atom. The van der Waals surface area contributed by atoms with Crippen LogP contribution in [-0.2, 0) is 26.0 Å². The number of aryl methyl sites for hydroxylation is 1. The highest BCUT2D eigenvalue weighted by Crippen LogP contribution is 2.40. The van der Waals surface area contributed by atoms with E-state index in [9.17, 15) is 18.3 Å². The predicted octanol–water partition coefficient (Wildman–Crippen LogP) is 3.64. The molecule has 0 aliphatic carbocycles. The number of ether oxygens (including phenoxy) is 1. The molecule has 142 valence electrons. The summed E-state index contributed by atoms with van der Waals surface area (Å²) in [5.41, 5.74) is 0.796. The van der Waals surface area contributed by atoms with Gasteiger partial charge in [-0.05, 0) is 36.6 Å². The third-order valence-electron chi connectivity index (χ3n) is 4.48. The number of aliphatic hydroxyl groups is 1. The van der Waals surface area contributed by atoms with Crippen molar-refractivity contribution >= 4 is 27.4 Å². The second-order valence-electron chi connectivity index (χ2n) is 6.19. The van der Waals surface area contributed by atoms with Gasteiger partial charge in [-0.3, -0.25) is 0 Å². The zero-order valence-electron chi connectivity index (χ0n) is 15.2. The summed E-state index contributed by atoms with van der Waals surface area (Å²) in [6.45, 7) is 2.04. The molecule has 3 rings (SSSR count). The molecule has 0 fully saturated rings. The minimum Gasteiger partial charge on any atom is -0.505 e. The van der Waals surface area contributed by atoms with E-state index in [1.807, 2.05) is 19.1 Å². The number of fused-ring (bicyclic) bond motifs is 1. The lowest BCUT2D eigenvalue weighted by molar-refractivity contribution is -0.136. The number of unbranched alkanes of at least 4 members (excludes halogenated alkanes) is 1. The molecule has 1 heterocycles. The van der Waals surface area contributed by atoms with E-state index in [2.05, 4.69) is 0 Å². The van der Waals surface area contributed by atoms with E-state index >= 15 is 0 Å². The van der Waals surface area contributed by atoms with Gasteiger partial charge in [-0.2, -0.15) is 0 Å². The summed E-state index contributed by atoms with van der Waals surface area (Å²) in [6, 6.07) is 13.0. The molecule has 1 N–H and O–H groups in total. The molecule has 0 spiro atoms. The lowest BCUT2D eigenvalue weighted by Gasteiger charge is -2.32. The number of aliphatic hydroxyl groups excluding tert-OH is 1. The zero-order valence-corrected chi connectivity index (χ0v) is 16.0. The lowest BCUT2D eigenvalue weighted by atomic mass is 10.1. The highest BCUT2D eigenvalue weighted by atomic mass is 32.2. The number of carbonyl (C=O) groups excluding carboxylic acids is 1. The number of nitrogens with zero attached hydrogens (tertiary/aromatic N) is 1. The van der Waals surface area contributed by atoms with Gasteiger partial charge in [0.2, 0.25) is 0 Å². The number of carbonyl (C=O) groups is 1. The molecule has 0 radical (unpaired) electrons. The summed E-state index contributed by atoms with van der Waals surface area (Å²) < 4.78 is 32.4. The van der Waals surface area contributed by atoms with Gasteiger partial charge in [-0.15, -0.1) is 0 Å². The maximum Gasteiger partial charge on any atom is 0.359 e. The van der Waals surface area contributed by atoms with Gasteiger partial charge in [0.1, 0.15) is 0 Å². The third kappa shape index (κ3) is 3.19. The van der Waals surface area contributed by atoms with Crippen molar-refractivity contribution in [2.24, 2.45) is 0 Å². The summed E-state index contributed by atoms with van der Waals surface area (Å²) in [7, 11) is -2.96. The Bertz CT molecular complexity index is 1010. The van der Waals surface area contributed by atoms with Gasteiger partial charge in [0.05, 0.1) is 17.7 Å². The Hall–Kier alpha value is -2.80. The first-order valence-corrected chi connectivity index (χ1v) is 10.1. The number of hydrogen-bond donors (Lipinski definition) is 1. The molecule has 1 aliphatic heterocycles. The molecule has 0 unspecified atom stereocenters. The number of esters is 1. The minimum absolute atomic E-state index is 0.0551. The fourth-order valence-corrected chi connectivity index (χ4v) is 4.87. The van der Waals surface area contributed by atoms with Crippen molar-refractivity contribution in [3.63, 3.8) is 0 Å². The average Bonchev–Trinajstić information content (AvgIpc) is 2.69. The summed E-state index contributed by atoms with van der Waals surface area (Å²) in [5.74, 6) is -1.34. The third-order valence-corrected chi connectivity index (χ3v) is 6.25. The number of hydrogen-bond acceptors (Lipinski definition) is 5. The van der Waals surface area contributed by atoms with Crippen molar-refractivity contribution in [3.8, 4) is 0 Å². The van der Waals surface area contributed by atoms with E-state index in [0.717, 1.165) is 29.8 Å². The topological polar surface area (TPSA) is 83.9 Å². The van der Waals surface area contributed by atoms with Crippen LogP contribution in [-0.4, -0.2) is 26.6 Å². The highest BCUT2D eigenvalue weighted by Gasteiger charge is 2.42. The van der Waals surface area contributed by atoms with Crippen molar-refractivity contribution in [1.29, 1.82) is 0 Å². The van der Waals surface area contributed by atoms with Crippen LogP contribution in [0.25, 0.3) is 5.76 Å². The molecule has 2 aromatic carbocycles. The van der Waals surface area contributed by atoms with Crippen molar-refractivity contribution in [3.05, 3.63) is 65.4 Å². The summed E-state index contributed by atoms with van der Waals surface area (Å²) in [5, 5.41) is 10.7. The Balaban J connectivity index is 2.31. The van der Waals surface area contributed by atoms with Gasteiger partial charge in [-0.25, -0.2) is 17.5 Å². The summed E-state index contributed by atoms with van der Waals surface area (Å²) in [6.07, 6.45) is 2.45. The Morgan fingerprint density at radius 3 is 2.48 bits per heavy atom. The smallest absolute Gasteiger partial charge is 0.359 e. The van der Waals surface area contributed by atoms with Gasteiger partial charge in [0.15, 0.2) is 11.5 Å². The Labute approximate surface area is 158 Å². The zero-order chi connectivity index (χ0) is 19.6. The van der Waals surface area contributed by atoms with Crippen molar-refractivity contribution in [2.75, 3.05) is 11.4 Å². The fourth-order valence-electron chi connectivity index (χ4n) is 3.14. The number of rotatable bonds is 5. The SMILES string of the molecule is CCCCc1ccccc1N1C(C(=O)OC)=C(O)c2ccccc2S1(=O)=O. The maximum absolute atomic E-state index is 13.4. The van der Waals surface area contributed by atoms with E-state index in [1.54, 1.807) is 24.3 Å². The van der Waals surface area contributed by atoms with Gasteiger partial charge in [0, 0.05) is 5.56 Å². The second-order valence-corrected chi connectivity index (χ2v) is 7.94. The van der Waals surface area contributed by atoms with Gasteiger partial charge in [-0.1, -0.05) is 43.7 Å². The number of para-hydroxylation sites is 1. The number of sulfonamides is 1. The molecule has 0 saturated carbocycles. The monoisotopic (exact) mass is 387 g/mol. The lowest BCUT2D eigenvalue weighted by Crippen LogP contribution is -2.39. The first-order valence-electron chi connectivity index (χ1n) is 8.67. The molecule has 1 aliphatic rings. The molecular formula is C20H21NO5S. The van der Waals surface area contributed by atoms with Crippen LogP contribution < -0.4 is 4.31 Å². The van der Waals surface area contributed by atoms with Crippen LogP contribution in [0.3, 0.4) is 0 Å². The van der Waals surface area contributed by atoms with Crippen LogP contribution >= 0.6 is 0 Å². The van der Waals surface area contributed by atoms with Crippen LogP contribution in [0.5, 0.6) is 0 Å². The minimum atomic E-state index is -4.11. The normalized spacial score (nSPS) is 15.4. The van der Waals surface area contributed by atoms with Crippen LogP contribution in [0, 0.1) is 0 Å². The number of benzene rings is 2. The quantitative estimate of drug-likeness (QED) is 0.792. The maximum atomic E-state index is 13.4. The van der Waals surface area contributed by atoms with Gasteiger partial charge >= 0.3 is 5.97 Å². The number of anilines is 1. The van der Waals surface area contributed by atoms with E-state index in [-0.39, 0.29) is 10.5 Å². The number of methoxy groups -OCH3 is 1. The van der Waals surface area contributed by atoms with Crippen LogP contribution in [0.4, 0.5) is 5.69 Å². The molecule has 2 aromatic rings. The first kappa shape index (κ1) is 19.0. The van der Waals surface area contributed by atoms with Crippen LogP contribution in [0.1, 0.15) is 30.9 Å². The van der Waals surface area contributed by atoms with Gasteiger partial charge in [0.25, 0.3) is 10.0 Å². The summed E-state index contributed by atoms with van der Waals surface area (Å²) in [4.78, 5) is 12.4. The van der Waals surface area contributed by atoms with E-state index in [4.69, 9.17) is 4.74 Å². The molecule has 27 heavy (non-hydrogen) atoms. The molecule has 0 amide bonds. The standard InChI is InChI=1S/C20H21NO5S/c1-3-4-9-14-10-5-7-12-16(14)21-18(20(23)26-2)19(22)15-11-6-8-13-17(15)27(21,24)25/h5-8,10-13,22H,3-4,9H2,1-2H3. The fraction of sp³-hybridized carbons (Fsp3) is 0.250. The van der Waals surface area contributed by atoms with Gasteiger partial charge < -0.3 is 9.84 Å². The van der Waals surface area contributed by atoms with Crippen molar-refractivity contribution in [1.82, 2.24) is 0 Å². The molecule has 0 atom stereocenters. The molecule has 0 bridgehead atoms. The molecule has 0 aromatic heterocycles. The summed E-state index contributed by atoms with van der Waals surface area (Å²) >= 11 is 0. The van der Waals surface area contributed by atoms with Crippen molar-refractivity contribution in [2.45, 2.75) is 31.1 Å². The average molecular weight is 387 g/mol. The second kappa shape index (κ2) is 7.44. The van der Waals surface area contributed by atoms with Crippen LogP contribution in [0.2, 0.25) is 0 Å². The molecular weight excluding hydrogens is 366 g/mol. The highest BCUT2D eigenvalue weighted by molar-refractivity contribution is 7.93. The molecule has 0 saturated heterocycles. The molecule has 7 heteroatoms. The molecule has 6 nitrogen and oxygen atoms in total. The largest absolute Gasteiger partial charge is 0.505 e. The van der Waals surface area contributed by atoms with Crippen molar-refractivity contribution < 1.29 is 23.1 Å². The van der Waals surface area contributed by atoms with E-state index in [1.165, 1.54) is 12.1 Å². The van der Waals surface area contributed by atoms with E-state index in [0.29, 0.717) is 12.1 Å². The van der Waals surface area contributed by atoms with Crippen LogP contribution in [0.15, 0.2) is 59.1 Å². The Kier molecular flexibility index (Phi) is 5.23.